The molecule has 1 saturated carbocycles. The van der Waals surface area contributed by atoms with Crippen LogP contribution in [0.25, 0.3) is 0 Å². The average molecular weight is 486 g/mol. The average Bonchev–Trinajstić information content (AvgIpc) is 2.83. The lowest BCUT2D eigenvalue weighted by molar-refractivity contribution is -0.139. The lowest BCUT2D eigenvalue weighted by Gasteiger charge is -2.33. The SMILES string of the molecule is C[C@@H](C(=O)NC1CCCCC1)N(CCc1ccccc1)C(=O)CN(c1ccccc1)S(C)(=O)=O. The number of sulfonamides is 1. The Morgan fingerprint density at radius 1 is 0.971 bits per heavy atom. The van der Waals surface area contributed by atoms with E-state index in [1.54, 1.807) is 37.3 Å². The molecule has 1 fully saturated rings. The Morgan fingerprint density at radius 2 is 1.56 bits per heavy atom. The number of carbonyl (C=O) groups is 2. The van der Waals surface area contributed by atoms with E-state index in [4.69, 9.17) is 0 Å². The Kier molecular flexibility index (Phi) is 9.10. The summed E-state index contributed by atoms with van der Waals surface area (Å²) in [5.41, 5.74) is 1.46. The van der Waals surface area contributed by atoms with Crippen molar-refractivity contribution in [1.29, 1.82) is 0 Å². The van der Waals surface area contributed by atoms with E-state index in [2.05, 4.69) is 5.32 Å². The summed E-state index contributed by atoms with van der Waals surface area (Å²) in [6, 6.07) is 17.7. The third-order valence-corrected chi connectivity index (χ3v) is 7.47. The Balaban J connectivity index is 1.79. The van der Waals surface area contributed by atoms with Gasteiger partial charge in [0.1, 0.15) is 12.6 Å². The summed E-state index contributed by atoms with van der Waals surface area (Å²) in [4.78, 5) is 28.1. The largest absolute Gasteiger partial charge is 0.352 e. The van der Waals surface area contributed by atoms with Crippen LogP contribution in [-0.2, 0) is 26.0 Å². The zero-order chi connectivity index (χ0) is 24.6. The second-order valence-electron chi connectivity index (χ2n) is 8.95. The molecule has 0 heterocycles. The molecule has 0 unspecified atom stereocenters. The first-order valence-electron chi connectivity index (χ1n) is 11.9. The van der Waals surface area contributed by atoms with Gasteiger partial charge < -0.3 is 10.2 Å². The Morgan fingerprint density at radius 3 is 2.15 bits per heavy atom. The van der Waals surface area contributed by atoms with Crippen molar-refractivity contribution in [2.45, 2.75) is 57.5 Å². The predicted octanol–water partition coefficient (Wildman–Crippen LogP) is 3.36. The molecule has 0 saturated heterocycles. The van der Waals surface area contributed by atoms with Crippen LogP contribution in [0.3, 0.4) is 0 Å². The Bertz CT molecular complexity index is 1040. The van der Waals surface area contributed by atoms with Crippen molar-refractivity contribution in [3.05, 3.63) is 66.2 Å². The molecule has 0 radical (unpaired) electrons. The molecule has 1 atom stereocenters. The first-order valence-corrected chi connectivity index (χ1v) is 13.8. The van der Waals surface area contributed by atoms with E-state index < -0.39 is 22.0 Å². The van der Waals surface area contributed by atoms with E-state index in [1.165, 1.54) is 11.3 Å². The number of amides is 2. The first-order chi connectivity index (χ1) is 16.3. The standard InChI is InChI=1S/C26H35N3O4S/c1-21(26(31)27-23-14-8-4-9-15-23)28(19-18-22-12-6-3-7-13-22)25(30)20-29(34(2,32)33)24-16-10-5-11-17-24/h3,5-7,10-13,16-17,21,23H,4,8-9,14-15,18-20H2,1-2H3,(H,27,31)/t21-/m0/s1. The van der Waals surface area contributed by atoms with Gasteiger partial charge in [-0.1, -0.05) is 67.8 Å². The van der Waals surface area contributed by atoms with Crippen molar-refractivity contribution < 1.29 is 18.0 Å². The molecule has 2 aromatic rings. The predicted molar refractivity (Wildman–Crippen MR) is 135 cm³/mol. The van der Waals surface area contributed by atoms with Gasteiger partial charge in [0.05, 0.1) is 11.9 Å². The normalized spacial score (nSPS) is 15.4. The summed E-state index contributed by atoms with van der Waals surface area (Å²) in [5, 5.41) is 3.10. The Hall–Kier alpha value is -2.87. The molecular formula is C26H35N3O4S. The van der Waals surface area contributed by atoms with Gasteiger partial charge in [-0.3, -0.25) is 13.9 Å². The van der Waals surface area contributed by atoms with Crippen molar-refractivity contribution in [2.75, 3.05) is 23.7 Å². The van der Waals surface area contributed by atoms with E-state index in [0.29, 0.717) is 18.7 Å². The molecule has 7 nitrogen and oxygen atoms in total. The minimum atomic E-state index is -3.70. The highest BCUT2D eigenvalue weighted by Crippen LogP contribution is 2.19. The van der Waals surface area contributed by atoms with E-state index in [9.17, 15) is 18.0 Å². The summed E-state index contributed by atoms with van der Waals surface area (Å²) in [6.45, 7) is 1.67. The monoisotopic (exact) mass is 485 g/mol. The maximum Gasteiger partial charge on any atom is 0.244 e. The fourth-order valence-corrected chi connectivity index (χ4v) is 5.20. The van der Waals surface area contributed by atoms with Crippen LogP contribution in [0.5, 0.6) is 0 Å². The van der Waals surface area contributed by atoms with Gasteiger partial charge >= 0.3 is 0 Å². The quantitative estimate of drug-likeness (QED) is 0.559. The van der Waals surface area contributed by atoms with Crippen molar-refractivity contribution in [2.24, 2.45) is 0 Å². The second kappa shape index (κ2) is 12.0. The van der Waals surface area contributed by atoms with Gasteiger partial charge in [-0.25, -0.2) is 8.42 Å². The number of hydrogen-bond donors (Lipinski definition) is 1. The van der Waals surface area contributed by atoms with Crippen molar-refractivity contribution in [3.8, 4) is 0 Å². The van der Waals surface area contributed by atoms with Gasteiger partial charge in [-0.05, 0) is 43.9 Å². The molecule has 0 spiro atoms. The van der Waals surface area contributed by atoms with Crippen LogP contribution < -0.4 is 9.62 Å². The third kappa shape index (κ3) is 7.32. The lowest BCUT2D eigenvalue weighted by atomic mass is 9.95. The van der Waals surface area contributed by atoms with Crippen molar-refractivity contribution >= 4 is 27.5 Å². The van der Waals surface area contributed by atoms with Gasteiger partial charge in [0.25, 0.3) is 0 Å². The van der Waals surface area contributed by atoms with Crippen molar-refractivity contribution in [1.82, 2.24) is 10.2 Å². The second-order valence-corrected chi connectivity index (χ2v) is 10.9. The zero-order valence-corrected chi connectivity index (χ0v) is 20.8. The number of para-hydroxylation sites is 1. The molecular weight excluding hydrogens is 450 g/mol. The van der Waals surface area contributed by atoms with Gasteiger partial charge in [-0.2, -0.15) is 0 Å². The smallest absolute Gasteiger partial charge is 0.244 e. The number of rotatable bonds is 10. The molecule has 1 aliphatic carbocycles. The summed E-state index contributed by atoms with van der Waals surface area (Å²) < 4.78 is 26.1. The number of nitrogens with one attached hydrogen (secondary N) is 1. The lowest BCUT2D eigenvalue weighted by Crippen LogP contribution is -2.53. The van der Waals surface area contributed by atoms with E-state index in [1.807, 2.05) is 30.3 Å². The van der Waals surface area contributed by atoms with Crippen LogP contribution in [0.2, 0.25) is 0 Å². The van der Waals surface area contributed by atoms with Crippen LogP contribution in [0.15, 0.2) is 60.7 Å². The Labute approximate surface area is 203 Å². The molecule has 3 rings (SSSR count). The summed E-state index contributed by atoms with van der Waals surface area (Å²) >= 11 is 0. The zero-order valence-electron chi connectivity index (χ0n) is 20.0. The van der Waals surface area contributed by atoms with Gasteiger partial charge in [0, 0.05) is 12.6 Å². The van der Waals surface area contributed by atoms with Crippen LogP contribution in [-0.4, -0.2) is 56.6 Å². The highest BCUT2D eigenvalue weighted by molar-refractivity contribution is 7.92. The molecule has 0 aliphatic heterocycles. The number of hydrogen-bond acceptors (Lipinski definition) is 4. The highest BCUT2D eigenvalue weighted by Gasteiger charge is 2.30. The topological polar surface area (TPSA) is 86.8 Å². The minimum Gasteiger partial charge on any atom is -0.352 e. The number of benzene rings is 2. The number of carbonyl (C=O) groups excluding carboxylic acids is 2. The van der Waals surface area contributed by atoms with E-state index >= 15 is 0 Å². The fourth-order valence-electron chi connectivity index (χ4n) is 4.35. The van der Waals surface area contributed by atoms with Gasteiger partial charge in [0.2, 0.25) is 21.8 Å². The molecule has 0 aromatic heterocycles. The molecule has 2 amide bonds. The maximum atomic E-state index is 13.5. The summed E-state index contributed by atoms with van der Waals surface area (Å²) in [5.74, 6) is -0.601. The van der Waals surface area contributed by atoms with E-state index in [0.717, 1.165) is 41.8 Å². The van der Waals surface area contributed by atoms with Gasteiger partial charge in [-0.15, -0.1) is 0 Å². The van der Waals surface area contributed by atoms with Crippen LogP contribution >= 0.6 is 0 Å². The van der Waals surface area contributed by atoms with Gasteiger partial charge in [0.15, 0.2) is 0 Å². The molecule has 184 valence electrons. The van der Waals surface area contributed by atoms with Crippen LogP contribution in [0.1, 0.15) is 44.6 Å². The summed E-state index contributed by atoms with van der Waals surface area (Å²) in [6.07, 6.45) is 6.92. The fraction of sp³-hybridized carbons (Fsp3) is 0.462. The minimum absolute atomic E-state index is 0.131. The maximum absolute atomic E-state index is 13.5. The van der Waals surface area contributed by atoms with E-state index in [-0.39, 0.29) is 18.5 Å². The highest BCUT2D eigenvalue weighted by atomic mass is 32.2. The van der Waals surface area contributed by atoms with Crippen LogP contribution in [0.4, 0.5) is 5.69 Å². The molecule has 8 heteroatoms. The molecule has 1 N–H and O–H groups in total. The number of anilines is 1. The molecule has 0 bridgehead atoms. The van der Waals surface area contributed by atoms with Crippen LogP contribution in [0, 0.1) is 0 Å². The number of nitrogens with zero attached hydrogens (tertiary/aromatic N) is 2. The third-order valence-electron chi connectivity index (χ3n) is 6.33. The molecule has 1 aliphatic rings. The molecule has 2 aromatic carbocycles. The first kappa shape index (κ1) is 25.7. The summed E-state index contributed by atoms with van der Waals surface area (Å²) in [7, 11) is -3.70. The molecule has 34 heavy (non-hydrogen) atoms. The van der Waals surface area contributed by atoms with Crippen molar-refractivity contribution in [3.63, 3.8) is 0 Å².